The van der Waals surface area contributed by atoms with E-state index >= 15 is 0 Å². The summed E-state index contributed by atoms with van der Waals surface area (Å²) in [6.45, 7) is 0. The van der Waals surface area contributed by atoms with Crippen LogP contribution in [-0.2, 0) is 0 Å². The minimum atomic E-state index is 0.936. The van der Waals surface area contributed by atoms with Crippen LogP contribution >= 0.6 is 11.3 Å². The van der Waals surface area contributed by atoms with E-state index in [4.69, 9.17) is 4.42 Å². The van der Waals surface area contributed by atoms with Crippen LogP contribution in [0.4, 0.5) is 0 Å². The average Bonchev–Trinajstić information content (AvgIpc) is 3.86. The fraction of sp³-hybridized carbons (Fsp3) is 0. The first kappa shape index (κ1) is 31.9. The van der Waals surface area contributed by atoms with Crippen molar-refractivity contribution in [3.8, 4) is 33.4 Å². The molecule has 0 radical (unpaired) electrons. The number of hydrogen-bond acceptors (Lipinski definition) is 2. The zero-order chi connectivity index (χ0) is 37.9. The molecule has 0 aliphatic rings. The number of benzene rings is 11. The van der Waals surface area contributed by atoms with Crippen LogP contribution in [0.1, 0.15) is 0 Å². The molecule has 0 bridgehead atoms. The van der Waals surface area contributed by atoms with Gasteiger partial charge >= 0.3 is 0 Å². The van der Waals surface area contributed by atoms with Gasteiger partial charge in [-0.1, -0.05) is 152 Å². The standard InChI is InChI=1S/C56H32OS/c1-2-12-39-33(10-1)11-9-18-41(39)54-44-16-5-3-14-42(44)53(43-15-4-6-17-45(43)54)38-23-22-34-30-35(20-21-36(34)31-38)37-24-29-52-50(32-37)49-28-26-47-48(56(49)58-52)27-25-46-40-13-7-8-19-51(40)57-55(46)47/h1-32H. The van der Waals surface area contributed by atoms with Crippen molar-refractivity contribution in [2.24, 2.45) is 0 Å². The van der Waals surface area contributed by atoms with E-state index in [2.05, 4.69) is 188 Å². The first-order valence-electron chi connectivity index (χ1n) is 19.9. The molecule has 0 aliphatic heterocycles. The molecule has 1 nitrogen and oxygen atoms in total. The minimum absolute atomic E-state index is 0.936. The summed E-state index contributed by atoms with van der Waals surface area (Å²) >= 11 is 1.87. The molecule has 2 heteroatoms. The molecule has 2 aromatic heterocycles. The minimum Gasteiger partial charge on any atom is -0.455 e. The van der Waals surface area contributed by atoms with E-state index in [-0.39, 0.29) is 0 Å². The van der Waals surface area contributed by atoms with E-state index in [9.17, 15) is 0 Å². The topological polar surface area (TPSA) is 13.1 Å². The van der Waals surface area contributed by atoms with Gasteiger partial charge in [-0.05, 0) is 119 Å². The van der Waals surface area contributed by atoms with E-state index < -0.39 is 0 Å². The van der Waals surface area contributed by atoms with E-state index in [1.807, 2.05) is 17.4 Å². The highest BCUT2D eigenvalue weighted by Gasteiger charge is 2.19. The van der Waals surface area contributed by atoms with Crippen LogP contribution in [0.2, 0.25) is 0 Å². The zero-order valence-corrected chi connectivity index (χ0v) is 32.1. The van der Waals surface area contributed by atoms with E-state index in [0.29, 0.717) is 0 Å². The van der Waals surface area contributed by atoms with Gasteiger partial charge in [-0.15, -0.1) is 11.3 Å². The Morgan fingerprint density at radius 2 is 0.845 bits per heavy atom. The first-order chi connectivity index (χ1) is 28.7. The van der Waals surface area contributed by atoms with Crippen LogP contribution < -0.4 is 0 Å². The third kappa shape index (κ3) is 4.58. The Morgan fingerprint density at radius 3 is 1.60 bits per heavy atom. The van der Waals surface area contributed by atoms with Crippen molar-refractivity contribution in [3.63, 3.8) is 0 Å². The molecule has 0 amide bonds. The van der Waals surface area contributed by atoms with E-state index in [1.54, 1.807) is 0 Å². The predicted octanol–water partition coefficient (Wildman–Crippen LogP) is 16.7. The lowest BCUT2D eigenvalue weighted by Crippen LogP contribution is -1.91. The molecule has 0 atom stereocenters. The number of para-hydroxylation sites is 1. The Balaban J connectivity index is 0.931. The van der Waals surface area contributed by atoms with Gasteiger partial charge in [0.2, 0.25) is 0 Å². The van der Waals surface area contributed by atoms with Gasteiger partial charge in [0.15, 0.2) is 0 Å². The molecule has 0 saturated carbocycles. The van der Waals surface area contributed by atoms with Gasteiger partial charge in [0.1, 0.15) is 11.2 Å². The number of fused-ring (bicyclic) bond motifs is 13. The second-order valence-corrected chi connectivity index (χ2v) is 16.6. The molecule has 0 saturated heterocycles. The van der Waals surface area contributed by atoms with Crippen molar-refractivity contribution in [1.29, 1.82) is 0 Å². The summed E-state index contributed by atoms with van der Waals surface area (Å²) in [5.74, 6) is 0. The molecule has 0 unspecified atom stereocenters. The third-order valence-corrected chi connectivity index (χ3v) is 13.6. The lowest BCUT2D eigenvalue weighted by molar-refractivity contribution is 0.672. The van der Waals surface area contributed by atoms with Gasteiger partial charge < -0.3 is 4.42 Å². The molecule has 0 fully saturated rings. The van der Waals surface area contributed by atoms with Crippen molar-refractivity contribution in [2.75, 3.05) is 0 Å². The van der Waals surface area contributed by atoms with Crippen LogP contribution in [0.25, 0.3) is 129 Å². The summed E-state index contributed by atoms with van der Waals surface area (Å²) < 4.78 is 9.02. The molecular weight excluding hydrogens is 721 g/mol. The fourth-order valence-corrected chi connectivity index (χ4v) is 11.0. The molecule has 0 spiro atoms. The Kier molecular flexibility index (Phi) is 6.66. The summed E-state index contributed by atoms with van der Waals surface area (Å²) in [6, 6.07) is 71.6. The maximum Gasteiger partial charge on any atom is 0.143 e. The van der Waals surface area contributed by atoms with Crippen molar-refractivity contribution >= 4 is 107 Å². The van der Waals surface area contributed by atoms with Crippen LogP contribution in [0, 0.1) is 0 Å². The van der Waals surface area contributed by atoms with Crippen molar-refractivity contribution in [1.82, 2.24) is 0 Å². The summed E-state index contributed by atoms with van der Waals surface area (Å²) in [6.07, 6.45) is 0. The number of furan rings is 1. The average molecular weight is 753 g/mol. The van der Waals surface area contributed by atoms with Crippen molar-refractivity contribution < 1.29 is 4.42 Å². The number of hydrogen-bond donors (Lipinski definition) is 0. The normalized spacial score (nSPS) is 12.1. The summed E-state index contributed by atoms with van der Waals surface area (Å²) in [7, 11) is 0. The molecule has 268 valence electrons. The van der Waals surface area contributed by atoms with Gasteiger partial charge in [-0.3, -0.25) is 0 Å². The maximum absolute atomic E-state index is 6.41. The molecular formula is C56H32OS. The van der Waals surface area contributed by atoms with Crippen LogP contribution in [0.5, 0.6) is 0 Å². The van der Waals surface area contributed by atoms with Crippen molar-refractivity contribution in [3.05, 3.63) is 194 Å². The summed E-state index contributed by atoms with van der Waals surface area (Å²) in [4.78, 5) is 0. The monoisotopic (exact) mass is 752 g/mol. The predicted molar refractivity (Wildman–Crippen MR) is 250 cm³/mol. The van der Waals surface area contributed by atoms with E-state index in [0.717, 1.165) is 11.2 Å². The first-order valence-corrected chi connectivity index (χ1v) is 20.7. The lowest BCUT2D eigenvalue weighted by atomic mass is 9.84. The Labute approximate surface area is 337 Å². The quantitative estimate of drug-likeness (QED) is 0.164. The van der Waals surface area contributed by atoms with Gasteiger partial charge in [-0.25, -0.2) is 0 Å². The SMILES string of the molecule is c1ccc2c(-c3c4ccccc4c(-c4ccc5cc(-c6ccc7sc8c(ccc9c8ccc8c%10ccccc%10oc89)c7c6)ccc5c4)c4ccccc34)cccc2c1. The van der Waals surface area contributed by atoms with Crippen LogP contribution in [0.15, 0.2) is 199 Å². The lowest BCUT2D eigenvalue weighted by Gasteiger charge is -2.19. The molecule has 58 heavy (non-hydrogen) atoms. The fourth-order valence-electron chi connectivity index (χ4n) is 9.76. The maximum atomic E-state index is 6.41. The van der Waals surface area contributed by atoms with Gasteiger partial charge in [0.25, 0.3) is 0 Å². The number of rotatable bonds is 3. The largest absolute Gasteiger partial charge is 0.455 e. The van der Waals surface area contributed by atoms with Crippen molar-refractivity contribution in [2.45, 2.75) is 0 Å². The van der Waals surface area contributed by atoms with Gasteiger partial charge in [-0.2, -0.15) is 0 Å². The highest BCUT2D eigenvalue weighted by Crippen LogP contribution is 2.47. The Hall–Kier alpha value is -7.26. The second kappa shape index (κ2) is 12.1. The van der Waals surface area contributed by atoms with E-state index in [1.165, 1.54) is 118 Å². The number of thiophene rings is 1. The Morgan fingerprint density at radius 1 is 0.310 bits per heavy atom. The summed E-state index contributed by atoms with van der Waals surface area (Å²) in [5.41, 5.74) is 9.44. The molecule has 0 N–H and O–H groups in total. The van der Waals surface area contributed by atoms with Crippen LogP contribution in [0.3, 0.4) is 0 Å². The molecule has 13 aromatic rings. The molecule has 11 aromatic carbocycles. The zero-order valence-electron chi connectivity index (χ0n) is 31.3. The van der Waals surface area contributed by atoms with Crippen LogP contribution in [-0.4, -0.2) is 0 Å². The smallest absolute Gasteiger partial charge is 0.143 e. The highest BCUT2D eigenvalue weighted by molar-refractivity contribution is 7.26. The van der Waals surface area contributed by atoms with Gasteiger partial charge in [0, 0.05) is 41.7 Å². The van der Waals surface area contributed by atoms with Gasteiger partial charge in [0.05, 0.1) is 0 Å². The molecule has 13 rings (SSSR count). The molecule has 0 aliphatic carbocycles. The third-order valence-electron chi connectivity index (χ3n) is 12.4. The molecule has 2 heterocycles. The summed E-state index contributed by atoms with van der Waals surface area (Å²) in [5, 5.41) is 17.4. The Bertz CT molecular complexity index is 3800. The second-order valence-electron chi connectivity index (χ2n) is 15.5. The highest BCUT2D eigenvalue weighted by atomic mass is 32.1.